The Bertz CT molecular complexity index is 866. The fourth-order valence-electron chi connectivity index (χ4n) is 2.82. The molecule has 0 amide bonds. The molecule has 25 heavy (non-hydrogen) atoms. The van der Waals surface area contributed by atoms with Gasteiger partial charge < -0.3 is 0 Å². The van der Waals surface area contributed by atoms with Gasteiger partial charge in [0.1, 0.15) is 5.82 Å². The first-order valence-electron chi connectivity index (χ1n) is 7.79. The molecule has 0 spiro atoms. The minimum atomic E-state index is -3.76. The highest BCUT2D eigenvalue weighted by Gasteiger charge is 2.29. The third-order valence-electron chi connectivity index (χ3n) is 4.19. The van der Waals surface area contributed by atoms with E-state index in [-0.39, 0.29) is 30.1 Å². The molecule has 0 N–H and O–H groups in total. The van der Waals surface area contributed by atoms with Crippen LogP contribution in [0.1, 0.15) is 5.56 Å². The minimum Gasteiger partial charge on any atom is -0.296 e. The van der Waals surface area contributed by atoms with Gasteiger partial charge in [-0.25, -0.2) is 21.6 Å². The lowest BCUT2D eigenvalue weighted by Crippen LogP contribution is -2.48. The summed E-state index contributed by atoms with van der Waals surface area (Å²) in [5, 5.41) is 0. The Kier molecular flexibility index (Phi) is 5.12. The van der Waals surface area contributed by atoms with Crippen molar-refractivity contribution >= 4 is 10.0 Å². The molecule has 2 aromatic rings. The summed E-state index contributed by atoms with van der Waals surface area (Å²) in [4.78, 5) is 1.77. The molecule has 0 atom stereocenters. The summed E-state index contributed by atoms with van der Waals surface area (Å²) in [6.45, 7) is 1.37. The Morgan fingerprint density at radius 2 is 1.60 bits per heavy atom. The average Bonchev–Trinajstić information content (AvgIpc) is 2.59. The monoisotopic (exact) mass is 370 g/mol. The highest BCUT2D eigenvalue weighted by atomic mass is 32.2. The van der Waals surface area contributed by atoms with Crippen molar-refractivity contribution in [3.63, 3.8) is 0 Å². The zero-order valence-corrected chi connectivity index (χ0v) is 14.1. The van der Waals surface area contributed by atoms with Gasteiger partial charge in [-0.05, 0) is 24.3 Å². The predicted molar refractivity (Wildman–Crippen MR) is 86.8 cm³/mol. The summed E-state index contributed by atoms with van der Waals surface area (Å²) in [6, 6.07) is 8.89. The summed E-state index contributed by atoms with van der Waals surface area (Å²) in [6.07, 6.45) is 0. The van der Waals surface area contributed by atoms with Crippen molar-refractivity contribution in [1.29, 1.82) is 0 Å². The van der Waals surface area contributed by atoms with Crippen LogP contribution in [0.25, 0.3) is 0 Å². The van der Waals surface area contributed by atoms with Gasteiger partial charge in [-0.15, -0.1) is 0 Å². The zero-order chi connectivity index (χ0) is 18.0. The molecular formula is C17H17F3N2O2S. The number of hydrogen-bond donors (Lipinski definition) is 0. The van der Waals surface area contributed by atoms with E-state index >= 15 is 0 Å². The second-order valence-corrected chi connectivity index (χ2v) is 7.79. The maximum atomic E-state index is 13.7. The van der Waals surface area contributed by atoms with Gasteiger partial charge in [-0.3, -0.25) is 4.90 Å². The van der Waals surface area contributed by atoms with E-state index in [2.05, 4.69) is 0 Å². The van der Waals surface area contributed by atoms with Crippen molar-refractivity contribution in [3.05, 3.63) is 65.5 Å². The fourth-order valence-corrected chi connectivity index (χ4v) is 4.27. The van der Waals surface area contributed by atoms with Crippen molar-refractivity contribution in [3.8, 4) is 0 Å². The van der Waals surface area contributed by atoms with Crippen LogP contribution in [-0.2, 0) is 16.6 Å². The first-order chi connectivity index (χ1) is 11.9. The van der Waals surface area contributed by atoms with Gasteiger partial charge in [0.2, 0.25) is 10.0 Å². The number of sulfonamides is 1. The van der Waals surface area contributed by atoms with Gasteiger partial charge in [0.25, 0.3) is 0 Å². The second-order valence-electron chi connectivity index (χ2n) is 5.85. The normalized spacial score (nSPS) is 16.9. The molecule has 0 aromatic heterocycles. The molecule has 1 heterocycles. The largest absolute Gasteiger partial charge is 0.296 e. The van der Waals surface area contributed by atoms with Crippen LogP contribution in [0.2, 0.25) is 0 Å². The Hall–Kier alpha value is -1.90. The van der Waals surface area contributed by atoms with Crippen LogP contribution in [0, 0.1) is 17.5 Å². The van der Waals surface area contributed by atoms with E-state index in [1.165, 1.54) is 34.6 Å². The van der Waals surface area contributed by atoms with Gasteiger partial charge in [0, 0.05) is 38.3 Å². The Balaban J connectivity index is 1.66. The van der Waals surface area contributed by atoms with Crippen LogP contribution in [0.3, 0.4) is 0 Å². The molecule has 1 aliphatic rings. The molecule has 1 fully saturated rings. The molecule has 0 bridgehead atoms. The standard InChI is InChI=1S/C17H17F3N2O2S/c18-14-4-2-5-15(11-14)25(23,24)22-9-7-21(8-10-22)12-13-3-1-6-16(19)17(13)20/h1-6,11H,7-10,12H2. The van der Waals surface area contributed by atoms with Crippen molar-refractivity contribution in [1.82, 2.24) is 9.21 Å². The van der Waals surface area contributed by atoms with Crippen molar-refractivity contribution in [2.24, 2.45) is 0 Å². The maximum absolute atomic E-state index is 13.7. The van der Waals surface area contributed by atoms with E-state index in [1.54, 1.807) is 0 Å². The highest BCUT2D eigenvalue weighted by Crippen LogP contribution is 2.20. The lowest BCUT2D eigenvalue weighted by Gasteiger charge is -2.34. The molecule has 2 aromatic carbocycles. The molecule has 3 rings (SSSR count). The molecule has 134 valence electrons. The molecule has 0 unspecified atom stereocenters. The van der Waals surface area contributed by atoms with Crippen LogP contribution in [-0.4, -0.2) is 43.8 Å². The smallest absolute Gasteiger partial charge is 0.243 e. The quantitative estimate of drug-likeness (QED) is 0.831. The van der Waals surface area contributed by atoms with Gasteiger partial charge in [-0.2, -0.15) is 4.31 Å². The Morgan fingerprint density at radius 3 is 2.28 bits per heavy atom. The van der Waals surface area contributed by atoms with E-state index in [4.69, 9.17) is 0 Å². The van der Waals surface area contributed by atoms with E-state index in [0.717, 1.165) is 12.1 Å². The van der Waals surface area contributed by atoms with Crippen molar-refractivity contribution < 1.29 is 21.6 Å². The molecule has 1 saturated heterocycles. The third kappa shape index (κ3) is 3.86. The van der Waals surface area contributed by atoms with Gasteiger partial charge in [-0.1, -0.05) is 18.2 Å². The van der Waals surface area contributed by atoms with Crippen molar-refractivity contribution in [2.45, 2.75) is 11.4 Å². The SMILES string of the molecule is O=S(=O)(c1cccc(F)c1)N1CCN(Cc2cccc(F)c2F)CC1. The summed E-state index contributed by atoms with van der Waals surface area (Å²) in [5.41, 5.74) is 0.237. The molecular weight excluding hydrogens is 353 g/mol. The lowest BCUT2D eigenvalue weighted by atomic mass is 10.2. The fraction of sp³-hybridized carbons (Fsp3) is 0.294. The van der Waals surface area contributed by atoms with Crippen LogP contribution >= 0.6 is 0 Å². The van der Waals surface area contributed by atoms with E-state index in [1.807, 2.05) is 4.90 Å². The van der Waals surface area contributed by atoms with Gasteiger partial charge in [0.05, 0.1) is 4.90 Å². The van der Waals surface area contributed by atoms with Crippen LogP contribution in [0.5, 0.6) is 0 Å². The number of hydrogen-bond acceptors (Lipinski definition) is 3. The highest BCUT2D eigenvalue weighted by molar-refractivity contribution is 7.89. The molecule has 0 saturated carbocycles. The number of nitrogens with zero attached hydrogens (tertiary/aromatic N) is 2. The molecule has 0 radical (unpaired) electrons. The number of halogens is 3. The first kappa shape index (κ1) is 17.9. The van der Waals surface area contributed by atoms with E-state index in [0.29, 0.717) is 13.1 Å². The minimum absolute atomic E-state index is 0.0860. The third-order valence-corrected chi connectivity index (χ3v) is 6.09. The van der Waals surface area contributed by atoms with Gasteiger partial charge in [0.15, 0.2) is 11.6 Å². The Labute approximate surface area is 144 Å². The topological polar surface area (TPSA) is 40.6 Å². The summed E-state index contributed by atoms with van der Waals surface area (Å²) in [7, 11) is -3.76. The predicted octanol–water partition coefficient (Wildman–Crippen LogP) is 2.61. The number of rotatable bonds is 4. The summed E-state index contributed by atoms with van der Waals surface area (Å²) < 4.78 is 66.6. The Morgan fingerprint density at radius 1 is 0.920 bits per heavy atom. The lowest BCUT2D eigenvalue weighted by molar-refractivity contribution is 0.179. The summed E-state index contributed by atoms with van der Waals surface area (Å²) >= 11 is 0. The second kappa shape index (κ2) is 7.15. The summed E-state index contributed by atoms with van der Waals surface area (Å²) in [5.74, 6) is -2.39. The molecule has 4 nitrogen and oxygen atoms in total. The van der Waals surface area contributed by atoms with Crippen molar-refractivity contribution in [2.75, 3.05) is 26.2 Å². The zero-order valence-electron chi connectivity index (χ0n) is 13.3. The van der Waals surface area contributed by atoms with E-state index < -0.39 is 27.5 Å². The average molecular weight is 370 g/mol. The van der Waals surface area contributed by atoms with Crippen LogP contribution in [0.15, 0.2) is 47.4 Å². The first-order valence-corrected chi connectivity index (χ1v) is 9.23. The van der Waals surface area contributed by atoms with Crippen LogP contribution in [0.4, 0.5) is 13.2 Å². The molecule has 0 aliphatic carbocycles. The number of piperazine rings is 1. The van der Waals surface area contributed by atoms with Gasteiger partial charge >= 0.3 is 0 Å². The van der Waals surface area contributed by atoms with Crippen LogP contribution < -0.4 is 0 Å². The molecule has 1 aliphatic heterocycles. The number of benzene rings is 2. The molecule has 8 heteroatoms. The maximum Gasteiger partial charge on any atom is 0.243 e. The van der Waals surface area contributed by atoms with E-state index in [9.17, 15) is 21.6 Å².